The normalized spacial score (nSPS) is 14.3. The van der Waals surface area contributed by atoms with E-state index in [1.807, 2.05) is 6.07 Å². The minimum Gasteiger partial charge on any atom is -0.493 e. The Balaban J connectivity index is 1.73. The fourth-order valence-corrected chi connectivity index (χ4v) is 3.14. The lowest BCUT2D eigenvalue weighted by atomic mass is 10.1. The van der Waals surface area contributed by atoms with Crippen LogP contribution in [0.15, 0.2) is 24.4 Å². The Bertz CT molecular complexity index is 918. The second-order valence-electron chi connectivity index (χ2n) is 6.72. The van der Waals surface area contributed by atoms with Gasteiger partial charge in [0.05, 0.1) is 27.4 Å². The van der Waals surface area contributed by atoms with Crippen LogP contribution < -0.4 is 19.7 Å². The van der Waals surface area contributed by atoms with Crippen molar-refractivity contribution < 1.29 is 32.2 Å². The number of hydrogen-bond acceptors (Lipinski definition) is 7. The lowest BCUT2D eigenvalue weighted by Gasteiger charge is -2.29. The molecule has 168 valence electrons. The Morgan fingerprint density at radius 3 is 2.55 bits per heavy atom. The molecule has 3 rings (SSSR count). The number of aromatic nitrogens is 2. The Kier molecular flexibility index (Phi) is 7.16. The number of carbonyl (C=O) groups is 1. The number of amides is 1. The number of ether oxygens (including phenoxy) is 3. The summed E-state index contributed by atoms with van der Waals surface area (Å²) >= 11 is 0. The number of rotatable bonds is 7. The zero-order chi connectivity index (χ0) is 22.4. The number of nitrogens with one attached hydrogen (secondary N) is 1. The van der Waals surface area contributed by atoms with Gasteiger partial charge in [0.2, 0.25) is 5.82 Å². The number of carbonyl (C=O) groups excluding carboxylic acids is 1. The molecular weight excluding hydrogens is 417 g/mol. The molecule has 0 radical (unpaired) electrons. The first-order chi connectivity index (χ1) is 14.8. The summed E-state index contributed by atoms with van der Waals surface area (Å²) in [4.78, 5) is 21.3. The van der Waals surface area contributed by atoms with E-state index in [9.17, 15) is 18.0 Å². The van der Waals surface area contributed by atoms with Crippen LogP contribution >= 0.6 is 0 Å². The predicted molar refractivity (Wildman–Crippen MR) is 106 cm³/mol. The molecule has 0 aliphatic carbocycles. The topological polar surface area (TPSA) is 85.8 Å². The predicted octanol–water partition coefficient (Wildman–Crippen LogP) is 2.32. The van der Waals surface area contributed by atoms with Crippen LogP contribution in [0, 0.1) is 0 Å². The van der Waals surface area contributed by atoms with E-state index < -0.39 is 17.9 Å². The summed E-state index contributed by atoms with van der Waals surface area (Å²) < 4.78 is 55.0. The van der Waals surface area contributed by atoms with Gasteiger partial charge in [0.1, 0.15) is 11.4 Å². The van der Waals surface area contributed by atoms with E-state index in [1.165, 1.54) is 14.2 Å². The molecule has 1 aliphatic heterocycles. The number of nitrogens with zero attached hydrogens (tertiary/aromatic N) is 3. The first kappa shape index (κ1) is 22.6. The molecule has 31 heavy (non-hydrogen) atoms. The van der Waals surface area contributed by atoms with Crippen molar-refractivity contribution >= 4 is 11.7 Å². The maximum atomic E-state index is 13.1. The molecule has 2 aromatic rings. The molecule has 0 unspecified atom stereocenters. The highest BCUT2D eigenvalue weighted by Gasteiger charge is 2.36. The van der Waals surface area contributed by atoms with Crippen molar-refractivity contribution in [2.45, 2.75) is 12.6 Å². The molecular formula is C20H23F3N4O4. The van der Waals surface area contributed by atoms with Crippen molar-refractivity contribution in [3.63, 3.8) is 0 Å². The number of benzene rings is 1. The van der Waals surface area contributed by atoms with Gasteiger partial charge >= 0.3 is 6.18 Å². The number of halogens is 3. The quantitative estimate of drug-likeness (QED) is 0.707. The molecule has 0 bridgehead atoms. The highest BCUT2D eigenvalue weighted by atomic mass is 19.4. The fraction of sp³-hybridized carbons (Fsp3) is 0.450. The van der Waals surface area contributed by atoms with Crippen molar-refractivity contribution in [2.75, 3.05) is 52.0 Å². The summed E-state index contributed by atoms with van der Waals surface area (Å²) in [7, 11) is 3.07. The van der Waals surface area contributed by atoms with Crippen LogP contribution in [-0.4, -0.2) is 62.9 Å². The molecule has 1 aromatic carbocycles. The maximum Gasteiger partial charge on any atom is 0.451 e. The lowest BCUT2D eigenvalue weighted by molar-refractivity contribution is -0.144. The van der Waals surface area contributed by atoms with E-state index in [2.05, 4.69) is 15.3 Å². The van der Waals surface area contributed by atoms with Crippen molar-refractivity contribution in [1.82, 2.24) is 15.3 Å². The molecule has 8 nitrogen and oxygen atoms in total. The molecule has 1 saturated heterocycles. The Morgan fingerprint density at radius 2 is 1.90 bits per heavy atom. The number of methoxy groups -OCH3 is 2. The average Bonchev–Trinajstić information content (AvgIpc) is 2.78. The van der Waals surface area contributed by atoms with Crippen LogP contribution in [0.1, 0.15) is 21.7 Å². The Labute approximate surface area is 177 Å². The van der Waals surface area contributed by atoms with E-state index in [0.29, 0.717) is 44.2 Å². The molecule has 1 fully saturated rings. The summed E-state index contributed by atoms with van der Waals surface area (Å²) in [6.45, 7) is 1.61. The van der Waals surface area contributed by atoms with Crippen LogP contribution in [0.2, 0.25) is 0 Å². The van der Waals surface area contributed by atoms with Gasteiger partial charge < -0.3 is 24.4 Å². The Morgan fingerprint density at radius 1 is 1.19 bits per heavy atom. The smallest absolute Gasteiger partial charge is 0.451 e. The van der Waals surface area contributed by atoms with Crippen molar-refractivity contribution in [3.8, 4) is 11.5 Å². The summed E-state index contributed by atoms with van der Waals surface area (Å²) in [5.74, 6) is -0.717. The summed E-state index contributed by atoms with van der Waals surface area (Å²) in [6.07, 6.45) is -3.30. The van der Waals surface area contributed by atoms with E-state index in [-0.39, 0.29) is 17.9 Å². The minimum atomic E-state index is -4.70. The first-order valence-electron chi connectivity index (χ1n) is 9.59. The first-order valence-corrected chi connectivity index (χ1v) is 9.59. The van der Waals surface area contributed by atoms with Crippen LogP contribution in [0.5, 0.6) is 11.5 Å². The van der Waals surface area contributed by atoms with E-state index >= 15 is 0 Å². The number of anilines is 1. The largest absolute Gasteiger partial charge is 0.493 e. The van der Waals surface area contributed by atoms with E-state index in [0.717, 1.165) is 11.8 Å². The molecule has 0 atom stereocenters. The lowest BCUT2D eigenvalue weighted by Crippen LogP contribution is -2.39. The monoisotopic (exact) mass is 440 g/mol. The molecule has 0 spiro atoms. The molecule has 2 heterocycles. The van der Waals surface area contributed by atoms with Crippen molar-refractivity contribution in [1.29, 1.82) is 0 Å². The highest BCUT2D eigenvalue weighted by Crippen LogP contribution is 2.29. The second kappa shape index (κ2) is 9.82. The third-order valence-electron chi connectivity index (χ3n) is 4.72. The third-order valence-corrected chi connectivity index (χ3v) is 4.72. The summed E-state index contributed by atoms with van der Waals surface area (Å²) in [5.41, 5.74) is 0.886. The van der Waals surface area contributed by atoms with Gasteiger partial charge in [-0.2, -0.15) is 13.2 Å². The van der Waals surface area contributed by atoms with Gasteiger partial charge in [-0.3, -0.25) is 4.79 Å². The zero-order valence-corrected chi connectivity index (χ0v) is 17.2. The van der Waals surface area contributed by atoms with Crippen LogP contribution in [0.4, 0.5) is 19.0 Å². The molecule has 11 heteroatoms. The molecule has 1 aliphatic rings. The minimum absolute atomic E-state index is 0.0118. The van der Waals surface area contributed by atoms with Gasteiger partial charge in [0, 0.05) is 25.8 Å². The molecule has 1 amide bonds. The van der Waals surface area contributed by atoms with Gasteiger partial charge in [-0.25, -0.2) is 9.97 Å². The van der Waals surface area contributed by atoms with E-state index in [4.69, 9.17) is 14.2 Å². The van der Waals surface area contributed by atoms with Gasteiger partial charge in [-0.15, -0.1) is 0 Å². The standard InChI is InChI=1S/C20H23F3N4O4/c1-29-15-4-3-13(11-16(15)30-2)5-6-24-18(28)14-12-25-19(20(21,22)23)26-17(14)27-7-9-31-10-8-27/h3-4,11-12H,5-10H2,1-2H3,(H,24,28). The van der Waals surface area contributed by atoms with Gasteiger partial charge in [0.25, 0.3) is 5.91 Å². The van der Waals surface area contributed by atoms with Gasteiger partial charge in [-0.05, 0) is 24.1 Å². The average molecular weight is 440 g/mol. The van der Waals surface area contributed by atoms with Crippen LogP contribution in [0.25, 0.3) is 0 Å². The van der Waals surface area contributed by atoms with Crippen LogP contribution in [-0.2, 0) is 17.3 Å². The molecule has 0 saturated carbocycles. The number of morpholine rings is 1. The van der Waals surface area contributed by atoms with Gasteiger partial charge in [0.15, 0.2) is 11.5 Å². The SMILES string of the molecule is COc1ccc(CCNC(=O)c2cnc(C(F)(F)F)nc2N2CCOCC2)cc1OC. The van der Waals surface area contributed by atoms with Crippen LogP contribution in [0.3, 0.4) is 0 Å². The zero-order valence-electron chi connectivity index (χ0n) is 17.2. The highest BCUT2D eigenvalue weighted by molar-refractivity contribution is 5.98. The Hall–Kier alpha value is -3.08. The maximum absolute atomic E-state index is 13.1. The van der Waals surface area contributed by atoms with E-state index in [1.54, 1.807) is 17.0 Å². The number of hydrogen-bond donors (Lipinski definition) is 1. The fourth-order valence-electron chi connectivity index (χ4n) is 3.14. The van der Waals surface area contributed by atoms with Crippen molar-refractivity contribution in [2.24, 2.45) is 0 Å². The van der Waals surface area contributed by atoms with Gasteiger partial charge in [-0.1, -0.05) is 6.07 Å². The summed E-state index contributed by atoms with van der Waals surface area (Å²) in [5, 5.41) is 2.72. The molecule has 1 N–H and O–H groups in total. The third kappa shape index (κ3) is 5.54. The second-order valence-corrected chi connectivity index (χ2v) is 6.72. The number of alkyl halides is 3. The summed E-state index contributed by atoms with van der Waals surface area (Å²) in [6, 6.07) is 5.40. The van der Waals surface area contributed by atoms with Crippen molar-refractivity contribution in [3.05, 3.63) is 41.3 Å². The molecule has 1 aromatic heterocycles.